The number of carbonyl (C=O) groups excluding carboxylic acids is 3. The zero-order valence-corrected chi connectivity index (χ0v) is 16.3. The Balaban J connectivity index is 1.64. The molecule has 2 aliphatic carbocycles. The van der Waals surface area contributed by atoms with Crippen molar-refractivity contribution in [3.63, 3.8) is 0 Å². The van der Waals surface area contributed by atoms with Crippen molar-refractivity contribution in [1.29, 1.82) is 0 Å². The number of nitrogens with one attached hydrogen (secondary N) is 2. The van der Waals surface area contributed by atoms with E-state index in [2.05, 4.69) is 10.6 Å². The Morgan fingerprint density at radius 2 is 1.89 bits per heavy atom. The molecule has 0 spiro atoms. The van der Waals surface area contributed by atoms with Crippen molar-refractivity contribution in [3.05, 3.63) is 0 Å². The molecule has 2 saturated carbocycles. The van der Waals surface area contributed by atoms with Gasteiger partial charge in [0.15, 0.2) is 0 Å². The maximum atomic E-state index is 13.9. The first-order valence-corrected chi connectivity index (χ1v) is 9.99. The Labute approximate surface area is 163 Å². The van der Waals surface area contributed by atoms with E-state index in [0.29, 0.717) is 32.3 Å². The lowest BCUT2D eigenvalue weighted by Gasteiger charge is -2.36. The predicted octanol–water partition coefficient (Wildman–Crippen LogP) is 0.959. The molecular formula is C19H29F2N3O4. The highest BCUT2D eigenvalue weighted by atomic mass is 19.3. The van der Waals surface area contributed by atoms with Gasteiger partial charge in [-0.25, -0.2) is 8.78 Å². The summed E-state index contributed by atoms with van der Waals surface area (Å²) in [6.07, 6.45) is 2.24. The first-order valence-electron chi connectivity index (χ1n) is 9.99. The van der Waals surface area contributed by atoms with Crippen LogP contribution in [-0.4, -0.2) is 48.9 Å². The van der Waals surface area contributed by atoms with Crippen molar-refractivity contribution >= 4 is 17.7 Å². The van der Waals surface area contributed by atoms with E-state index in [1.165, 1.54) is 6.92 Å². The van der Waals surface area contributed by atoms with Crippen LogP contribution in [0.3, 0.4) is 0 Å². The first kappa shape index (κ1) is 21.0. The molecule has 3 fully saturated rings. The normalized spacial score (nSPS) is 35.8. The van der Waals surface area contributed by atoms with Crippen molar-refractivity contribution in [2.45, 2.75) is 64.0 Å². The highest BCUT2D eigenvalue weighted by molar-refractivity contribution is 6.04. The Kier molecular flexibility index (Phi) is 5.67. The van der Waals surface area contributed by atoms with Gasteiger partial charge >= 0.3 is 0 Å². The second-order valence-electron chi connectivity index (χ2n) is 8.45. The third-order valence-corrected chi connectivity index (χ3v) is 6.82. The average Bonchev–Trinajstić information content (AvgIpc) is 3.23. The fourth-order valence-corrected chi connectivity index (χ4v) is 4.49. The molecule has 28 heavy (non-hydrogen) atoms. The Morgan fingerprint density at radius 3 is 2.54 bits per heavy atom. The molecule has 1 aliphatic heterocycles. The number of halogens is 2. The van der Waals surface area contributed by atoms with Gasteiger partial charge in [0.25, 0.3) is 5.92 Å². The lowest BCUT2D eigenvalue weighted by Crippen LogP contribution is -2.60. The number of carbonyl (C=O) groups is 3. The summed E-state index contributed by atoms with van der Waals surface area (Å²) in [7, 11) is 0. The van der Waals surface area contributed by atoms with E-state index < -0.39 is 53.0 Å². The minimum absolute atomic E-state index is 0.169. The van der Waals surface area contributed by atoms with E-state index in [-0.39, 0.29) is 18.9 Å². The van der Waals surface area contributed by atoms with Crippen molar-refractivity contribution in [3.8, 4) is 0 Å². The summed E-state index contributed by atoms with van der Waals surface area (Å²) >= 11 is 0. The van der Waals surface area contributed by atoms with Crippen LogP contribution in [0.15, 0.2) is 0 Å². The summed E-state index contributed by atoms with van der Waals surface area (Å²) in [5, 5.41) is 5.61. The number of fused-ring (bicyclic) bond motifs is 1. The van der Waals surface area contributed by atoms with E-state index in [1.807, 2.05) is 0 Å². The van der Waals surface area contributed by atoms with Crippen LogP contribution in [0.2, 0.25) is 0 Å². The van der Waals surface area contributed by atoms with Gasteiger partial charge in [0.2, 0.25) is 17.7 Å². The van der Waals surface area contributed by atoms with Crippen molar-refractivity contribution in [1.82, 2.24) is 10.6 Å². The molecule has 3 aliphatic rings. The van der Waals surface area contributed by atoms with Gasteiger partial charge in [0, 0.05) is 24.4 Å². The molecule has 4 N–H and O–H groups in total. The number of primary amides is 1. The third-order valence-electron chi connectivity index (χ3n) is 6.82. The Bertz CT molecular complexity index is 659. The van der Waals surface area contributed by atoms with Crippen LogP contribution >= 0.6 is 0 Å². The standard InChI is InChI=1S/C19H29F2N3O4/c1-3-18(2,16(22)26)17(27)24-13-9-28-8-7-12(13)23-15(25)10-5-4-6-11-14(10)19(11,20)21/h10-14H,3-9H2,1-2H3,(H2,22,26)(H,23,25)(H,24,27)/t10?,11?,12-,13+,14?,18?/m0/s1. The summed E-state index contributed by atoms with van der Waals surface area (Å²) in [6.45, 7) is 3.72. The molecule has 3 amide bonds. The zero-order valence-electron chi connectivity index (χ0n) is 16.3. The van der Waals surface area contributed by atoms with Crippen LogP contribution in [0.5, 0.6) is 0 Å². The fourth-order valence-electron chi connectivity index (χ4n) is 4.49. The second-order valence-corrected chi connectivity index (χ2v) is 8.45. The lowest BCUT2D eigenvalue weighted by molar-refractivity contribution is -0.142. The molecule has 0 bridgehead atoms. The van der Waals surface area contributed by atoms with Gasteiger partial charge in [-0.05, 0) is 32.6 Å². The number of hydrogen-bond donors (Lipinski definition) is 3. The average molecular weight is 401 g/mol. The minimum atomic E-state index is -2.74. The number of alkyl halides is 2. The molecule has 9 heteroatoms. The van der Waals surface area contributed by atoms with E-state index >= 15 is 0 Å². The zero-order chi connectivity index (χ0) is 20.7. The van der Waals surface area contributed by atoms with Gasteiger partial charge in [-0.1, -0.05) is 13.3 Å². The van der Waals surface area contributed by atoms with Gasteiger partial charge in [0.1, 0.15) is 5.41 Å². The van der Waals surface area contributed by atoms with E-state index in [4.69, 9.17) is 10.5 Å². The molecule has 0 aromatic carbocycles. The van der Waals surface area contributed by atoms with Crippen LogP contribution in [0.4, 0.5) is 8.78 Å². The predicted molar refractivity (Wildman–Crippen MR) is 96.2 cm³/mol. The molecule has 3 rings (SSSR count). The van der Waals surface area contributed by atoms with Crippen molar-refractivity contribution in [2.75, 3.05) is 13.2 Å². The van der Waals surface area contributed by atoms with E-state index in [1.54, 1.807) is 6.92 Å². The van der Waals surface area contributed by atoms with Gasteiger partial charge in [0.05, 0.1) is 18.7 Å². The topological polar surface area (TPSA) is 111 Å². The highest BCUT2D eigenvalue weighted by Crippen LogP contribution is 2.64. The summed E-state index contributed by atoms with van der Waals surface area (Å²) in [4.78, 5) is 37.0. The van der Waals surface area contributed by atoms with E-state index in [0.717, 1.165) is 0 Å². The molecular weight excluding hydrogens is 372 g/mol. The van der Waals surface area contributed by atoms with Gasteiger partial charge in [-0.3, -0.25) is 14.4 Å². The van der Waals surface area contributed by atoms with Gasteiger partial charge in [-0.2, -0.15) is 0 Å². The molecule has 6 atom stereocenters. The third kappa shape index (κ3) is 3.60. The molecule has 4 unspecified atom stereocenters. The number of rotatable bonds is 6. The van der Waals surface area contributed by atoms with Crippen LogP contribution in [0, 0.1) is 23.2 Å². The molecule has 1 saturated heterocycles. The largest absolute Gasteiger partial charge is 0.379 e. The number of amides is 3. The number of nitrogens with two attached hydrogens (primary N) is 1. The van der Waals surface area contributed by atoms with Crippen LogP contribution < -0.4 is 16.4 Å². The molecule has 7 nitrogen and oxygen atoms in total. The molecule has 158 valence electrons. The Hall–Kier alpha value is -1.77. The van der Waals surface area contributed by atoms with E-state index in [9.17, 15) is 23.2 Å². The fraction of sp³-hybridized carbons (Fsp3) is 0.842. The maximum Gasteiger partial charge on any atom is 0.255 e. The monoisotopic (exact) mass is 401 g/mol. The molecule has 0 radical (unpaired) electrons. The Morgan fingerprint density at radius 1 is 1.18 bits per heavy atom. The van der Waals surface area contributed by atoms with Crippen LogP contribution in [0.1, 0.15) is 46.0 Å². The van der Waals surface area contributed by atoms with Gasteiger partial charge < -0.3 is 21.1 Å². The smallest absolute Gasteiger partial charge is 0.255 e. The maximum absolute atomic E-state index is 13.9. The summed E-state index contributed by atoms with van der Waals surface area (Å²) in [6, 6.07) is -0.985. The number of hydrogen-bond acceptors (Lipinski definition) is 4. The molecule has 0 aromatic rings. The van der Waals surface area contributed by atoms with Gasteiger partial charge in [-0.15, -0.1) is 0 Å². The minimum Gasteiger partial charge on any atom is -0.379 e. The quantitative estimate of drug-likeness (QED) is 0.576. The van der Waals surface area contributed by atoms with Crippen molar-refractivity contribution in [2.24, 2.45) is 28.9 Å². The number of ether oxygens (including phenoxy) is 1. The summed E-state index contributed by atoms with van der Waals surface area (Å²) in [5.41, 5.74) is 4.01. The van der Waals surface area contributed by atoms with Crippen LogP contribution in [-0.2, 0) is 19.1 Å². The summed E-state index contributed by atoms with van der Waals surface area (Å²) < 4.78 is 33.2. The SMILES string of the molecule is CCC(C)(C(N)=O)C(=O)N[C@@H]1COCC[C@@H]1NC(=O)C1CCCC2C1C2(F)F. The summed E-state index contributed by atoms with van der Waals surface area (Å²) in [5.74, 6) is -6.62. The second kappa shape index (κ2) is 7.57. The highest BCUT2D eigenvalue weighted by Gasteiger charge is 2.72. The van der Waals surface area contributed by atoms with Crippen molar-refractivity contribution < 1.29 is 27.9 Å². The molecule has 0 aromatic heterocycles. The first-order chi connectivity index (χ1) is 13.1. The lowest BCUT2D eigenvalue weighted by atomic mass is 9.85. The molecule has 1 heterocycles. The van der Waals surface area contributed by atoms with Crippen LogP contribution in [0.25, 0.3) is 0 Å².